The monoisotopic (exact) mass is 538 g/mol. The van der Waals surface area contributed by atoms with Crippen LogP contribution in [0.3, 0.4) is 0 Å². The lowest BCUT2D eigenvalue weighted by Crippen LogP contribution is -2.55. The third-order valence-corrected chi connectivity index (χ3v) is 12.0. The summed E-state index contributed by atoms with van der Waals surface area (Å²) in [6.07, 6.45) is 5.36. The summed E-state index contributed by atoms with van der Waals surface area (Å²) in [5.74, 6) is 0.107. The van der Waals surface area contributed by atoms with Crippen molar-refractivity contribution in [2.24, 2.45) is 5.92 Å². The fraction of sp³-hybridized carbons (Fsp3) is 0.562. The van der Waals surface area contributed by atoms with Crippen LogP contribution in [0.25, 0.3) is 0 Å². The Morgan fingerprint density at radius 1 is 1.05 bits per heavy atom. The molecule has 3 fully saturated rings. The molecule has 38 heavy (non-hydrogen) atoms. The average Bonchev–Trinajstić information content (AvgIpc) is 3.81. The molecule has 2 saturated heterocycles. The van der Waals surface area contributed by atoms with E-state index in [1.54, 1.807) is 7.11 Å². The highest BCUT2D eigenvalue weighted by molar-refractivity contribution is 7.78. The summed E-state index contributed by atoms with van der Waals surface area (Å²) < 4.78 is 39.7. The van der Waals surface area contributed by atoms with Crippen LogP contribution in [-0.2, 0) is 23.5 Å². The first-order valence-corrected chi connectivity index (χ1v) is 15.8. The highest BCUT2D eigenvalue weighted by Gasteiger charge is 2.71. The van der Waals surface area contributed by atoms with Gasteiger partial charge in [0.25, 0.3) is 0 Å². The van der Waals surface area contributed by atoms with Gasteiger partial charge in [0.2, 0.25) is 0 Å². The highest BCUT2D eigenvalue weighted by Crippen LogP contribution is 2.59. The first kappa shape index (κ1) is 27.8. The van der Waals surface area contributed by atoms with Crippen molar-refractivity contribution in [3.8, 4) is 0 Å². The van der Waals surface area contributed by atoms with Crippen LogP contribution >= 0.6 is 7.14 Å². The molecule has 6 atom stereocenters. The van der Waals surface area contributed by atoms with Crippen molar-refractivity contribution in [2.75, 3.05) is 26.5 Å². The summed E-state index contributed by atoms with van der Waals surface area (Å²) in [7, 11) is -1.08. The van der Waals surface area contributed by atoms with Gasteiger partial charge in [0.05, 0.1) is 43.0 Å². The molecule has 2 aliphatic heterocycles. The normalized spacial score (nSPS) is 32.3. The van der Waals surface area contributed by atoms with Crippen LogP contribution in [-0.4, -0.2) is 56.0 Å². The molecule has 5 rings (SSSR count). The molecular formula is C32H43O5P. The predicted octanol–water partition coefficient (Wildman–Crippen LogP) is 5.71. The Hall–Kier alpha value is -1.75. The average molecular weight is 539 g/mol. The molecular weight excluding hydrogens is 495 g/mol. The van der Waals surface area contributed by atoms with E-state index in [4.69, 9.17) is 18.9 Å². The zero-order valence-electron chi connectivity index (χ0n) is 23.7. The maximum Gasteiger partial charge on any atom is 0.145 e. The fourth-order valence-corrected chi connectivity index (χ4v) is 8.87. The van der Waals surface area contributed by atoms with E-state index in [0.29, 0.717) is 12.8 Å². The minimum absolute atomic E-state index is 0.0885. The van der Waals surface area contributed by atoms with Gasteiger partial charge in [0.15, 0.2) is 0 Å². The molecule has 2 heterocycles. The summed E-state index contributed by atoms with van der Waals surface area (Å²) in [6, 6.07) is 16.2. The standard InChI is InChI=1S/C32H43O5P/c1-22(2)7-16-28-31(5,37-28)30-29(34-6)27(17-18-32(30)21-36-32)35-19-20-38(33,25-12-8-23(3)9-13-25)26-14-10-24(4)11-15-26/h7-15,27-30H,16-21H2,1-6H3/t27?,28-,29?,30?,31+,32+/m1/s1. The molecule has 206 valence electrons. The molecule has 2 aromatic carbocycles. The summed E-state index contributed by atoms with van der Waals surface area (Å²) in [4.78, 5) is 0. The molecule has 0 bridgehead atoms. The number of epoxide rings is 2. The molecule has 1 aliphatic carbocycles. The number of rotatable bonds is 10. The number of methoxy groups -OCH3 is 1. The Balaban J connectivity index is 1.32. The van der Waals surface area contributed by atoms with Gasteiger partial charge < -0.3 is 23.5 Å². The zero-order chi connectivity index (χ0) is 27.1. The topological polar surface area (TPSA) is 60.6 Å². The van der Waals surface area contributed by atoms with Crippen LogP contribution in [0.5, 0.6) is 0 Å². The van der Waals surface area contributed by atoms with Crippen LogP contribution in [0.15, 0.2) is 60.2 Å². The molecule has 1 spiro atoms. The van der Waals surface area contributed by atoms with Gasteiger partial charge >= 0.3 is 0 Å². The van der Waals surface area contributed by atoms with Gasteiger partial charge in [-0.05, 0) is 53.9 Å². The minimum Gasteiger partial charge on any atom is -0.378 e. The van der Waals surface area contributed by atoms with Gasteiger partial charge in [-0.2, -0.15) is 0 Å². The van der Waals surface area contributed by atoms with Crippen molar-refractivity contribution in [3.05, 3.63) is 71.3 Å². The lowest BCUT2D eigenvalue weighted by atomic mass is 9.68. The Morgan fingerprint density at radius 3 is 2.13 bits per heavy atom. The molecule has 3 unspecified atom stereocenters. The van der Waals surface area contributed by atoms with Crippen LogP contribution in [0.2, 0.25) is 0 Å². The number of hydrogen-bond acceptors (Lipinski definition) is 5. The summed E-state index contributed by atoms with van der Waals surface area (Å²) in [5.41, 5.74) is 3.16. The van der Waals surface area contributed by atoms with E-state index in [1.807, 2.05) is 48.5 Å². The molecule has 2 aromatic rings. The second-order valence-corrected chi connectivity index (χ2v) is 14.9. The number of hydrogen-bond donors (Lipinski definition) is 0. The van der Waals surface area contributed by atoms with E-state index in [9.17, 15) is 4.57 Å². The van der Waals surface area contributed by atoms with Crippen molar-refractivity contribution >= 4 is 17.8 Å². The van der Waals surface area contributed by atoms with Crippen molar-refractivity contribution in [1.82, 2.24) is 0 Å². The van der Waals surface area contributed by atoms with Crippen LogP contribution < -0.4 is 10.6 Å². The highest BCUT2D eigenvalue weighted by atomic mass is 31.2. The van der Waals surface area contributed by atoms with E-state index in [2.05, 4.69) is 40.7 Å². The lowest BCUT2D eigenvalue weighted by Gasteiger charge is -2.43. The molecule has 3 aliphatic rings. The molecule has 1 saturated carbocycles. The van der Waals surface area contributed by atoms with E-state index in [0.717, 1.165) is 47.6 Å². The number of allylic oxidation sites excluding steroid dienone is 1. The molecule has 0 amide bonds. The molecule has 0 radical (unpaired) electrons. The number of ether oxygens (including phenoxy) is 4. The Labute approximate surface area is 228 Å². The van der Waals surface area contributed by atoms with Gasteiger partial charge in [0.1, 0.15) is 12.7 Å². The zero-order valence-corrected chi connectivity index (χ0v) is 24.6. The maximum atomic E-state index is 14.6. The minimum atomic E-state index is -2.86. The van der Waals surface area contributed by atoms with Crippen LogP contribution in [0.1, 0.15) is 51.2 Å². The van der Waals surface area contributed by atoms with E-state index >= 15 is 0 Å². The van der Waals surface area contributed by atoms with Crippen molar-refractivity contribution in [1.29, 1.82) is 0 Å². The first-order valence-electron chi connectivity index (χ1n) is 13.9. The van der Waals surface area contributed by atoms with Gasteiger partial charge in [-0.3, -0.25) is 0 Å². The second kappa shape index (κ2) is 10.7. The third-order valence-electron chi connectivity index (χ3n) is 8.88. The largest absolute Gasteiger partial charge is 0.378 e. The summed E-state index contributed by atoms with van der Waals surface area (Å²) >= 11 is 0. The van der Waals surface area contributed by atoms with E-state index in [1.165, 1.54) is 5.57 Å². The summed E-state index contributed by atoms with van der Waals surface area (Å²) in [5, 5.41) is 1.76. The lowest BCUT2D eigenvalue weighted by molar-refractivity contribution is -0.136. The second-order valence-electron chi connectivity index (χ2n) is 11.9. The van der Waals surface area contributed by atoms with Crippen molar-refractivity contribution < 1.29 is 23.5 Å². The summed E-state index contributed by atoms with van der Waals surface area (Å²) in [6.45, 7) is 11.7. The predicted molar refractivity (Wildman–Crippen MR) is 153 cm³/mol. The van der Waals surface area contributed by atoms with Gasteiger partial charge in [-0.25, -0.2) is 0 Å². The molecule has 0 aromatic heterocycles. The van der Waals surface area contributed by atoms with Crippen LogP contribution in [0, 0.1) is 19.8 Å². The Morgan fingerprint density at radius 2 is 1.63 bits per heavy atom. The van der Waals surface area contributed by atoms with Gasteiger partial charge in [-0.1, -0.05) is 71.3 Å². The Bertz CT molecular complexity index is 1150. The SMILES string of the molecule is COC1C(OCCP(=O)(c2ccc(C)cc2)c2ccc(C)cc2)CC[C@]2(CO2)C1[C@@]1(C)O[C@@H]1CC=C(C)C. The number of benzene rings is 2. The Kier molecular flexibility index (Phi) is 7.81. The molecule has 0 N–H and O–H groups in total. The van der Waals surface area contributed by atoms with Gasteiger partial charge in [0, 0.05) is 23.9 Å². The molecule has 5 nitrogen and oxygen atoms in total. The third kappa shape index (κ3) is 5.33. The van der Waals surface area contributed by atoms with Crippen molar-refractivity contribution in [3.63, 3.8) is 0 Å². The van der Waals surface area contributed by atoms with E-state index < -0.39 is 7.14 Å². The quantitative estimate of drug-likeness (QED) is 0.220. The smallest absolute Gasteiger partial charge is 0.145 e. The number of aryl methyl sites for hydroxylation is 2. The fourth-order valence-electron chi connectivity index (χ4n) is 6.43. The van der Waals surface area contributed by atoms with Crippen molar-refractivity contribution in [2.45, 2.75) is 83.4 Å². The van der Waals surface area contributed by atoms with Crippen LogP contribution in [0.4, 0.5) is 0 Å². The first-order chi connectivity index (χ1) is 18.1. The maximum absolute atomic E-state index is 14.6. The van der Waals surface area contributed by atoms with E-state index in [-0.39, 0.29) is 35.4 Å². The molecule has 6 heteroatoms. The van der Waals surface area contributed by atoms with Gasteiger partial charge in [-0.15, -0.1) is 0 Å².